The number of nitrogens with one attached hydrogen (secondary N) is 1. The highest BCUT2D eigenvalue weighted by molar-refractivity contribution is 6.31. The number of unbranched alkanes of at least 4 members (excludes halogenated alkanes) is 1. The second-order valence-corrected chi connectivity index (χ2v) is 10.4. The summed E-state index contributed by atoms with van der Waals surface area (Å²) in [5.74, 6) is -11.1. The summed E-state index contributed by atoms with van der Waals surface area (Å²) in [6.07, 6.45) is 0.339. The van der Waals surface area contributed by atoms with Gasteiger partial charge in [0.1, 0.15) is 5.75 Å². The number of carbonyl (C=O) groups is 6. The van der Waals surface area contributed by atoms with Crippen LogP contribution in [0, 0.1) is 23.7 Å². The molecule has 5 atom stereocenters. The molecule has 0 bridgehead atoms. The summed E-state index contributed by atoms with van der Waals surface area (Å²) >= 11 is 0. The summed E-state index contributed by atoms with van der Waals surface area (Å²) in [4.78, 5) is 78.6. The topological polar surface area (TPSA) is 193 Å². The van der Waals surface area contributed by atoms with E-state index in [0.717, 1.165) is 6.42 Å². The molecule has 12 heteroatoms. The molecule has 2 saturated carbocycles. The highest BCUT2D eigenvalue weighted by Crippen LogP contribution is 2.52. The molecule has 0 saturated heterocycles. The van der Waals surface area contributed by atoms with Crippen LogP contribution < -0.4 is 16.0 Å². The number of ketones is 4. The molecule has 12 nitrogen and oxygen atoms in total. The summed E-state index contributed by atoms with van der Waals surface area (Å²) in [6.45, 7) is 2.09. The van der Waals surface area contributed by atoms with E-state index >= 15 is 0 Å². The fourth-order valence-corrected chi connectivity index (χ4v) is 5.96. The third-order valence-electron chi connectivity index (χ3n) is 7.83. The highest BCUT2D eigenvalue weighted by atomic mass is 16.5. The number of rotatable bonds is 6. The van der Waals surface area contributed by atoms with Gasteiger partial charge in [0.25, 0.3) is 0 Å². The molecule has 38 heavy (non-hydrogen) atoms. The standard InChI is InChI=1S/C26H31N3O9/c1-4-5-6-38-25(36)28-14-10-15(29(2)3)13-8-11-7-12-9-16(30)19(24(27)35)23(34)26(12,37)22(33)17(11)21(32)18(13)20(14)31/h10-12,17,19,31,37H,4-9H2,1-3H3,(H2,27,35)(H,28,36)/t11-,12+,17?,19?,26+/m1/s1. The molecule has 5 N–H and O–H groups in total. The van der Waals surface area contributed by atoms with E-state index in [1.54, 1.807) is 19.0 Å². The number of benzene rings is 1. The van der Waals surface area contributed by atoms with Crippen LogP contribution in [0.1, 0.15) is 48.5 Å². The monoisotopic (exact) mass is 529 g/mol. The van der Waals surface area contributed by atoms with E-state index in [0.29, 0.717) is 17.7 Å². The van der Waals surface area contributed by atoms with Crippen LogP contribution in [0.25, 0.3) is 0 Å². The Morgan fingerprint density at radius 1 is 1.18 bits per heavy atom. The fraction of sp³-hybridized carbons (Fsp3) is 0.538. The van der Waals surface area contributed by atoms with Crippen LogP contribution in [0.3, 0.4) is 0 Å². The first-order valence-electron chi connectivity index (χ1n) is 12.5. The van der Waals surface area contributed by atoms with Crippen molar-refractivity contribution >= 4 is 46.5 Å². The first-order chi connectivity index (χ1) is 17.8. The zero-order chi connectivity index (χ0) is 28.1. The van der Waals surface area contributed by atoms with Crippen LogP contribution in [0.2, 0.25) is 0 Å². The van der Waals surface area contributed by atoms with Crippen molar-refractivity contribution in [1.82, 2.24) is 0 Å². The Hall–Kier alpha value is -3.80. The van der Waals surface area contributed by atoms with Crippen LogP contribution in [-0.4, -0.2) is 71.6 Å². The van der Waals surface area contributed by atoms with E-state index < -0.39 is 76.6 Å². The van der Waals surface area contributed by atoms with Gasteiger partial charge in [0.05, 0.1) is 23.8 Å². The number of fused-ring (bicyclic) bond motifs is 3. The van der Waals surface area contributed by atoms with E-state index in [2.05, 4.69) is 5.32 Å². The van der Waals surface area contributed by atoms with Crippen LogP contribution >= 0.6 is 0 Å². The second kappa shape index (κ2) is 9.82. The van der Waals surface area contributed by atoms with Gasteiger partial charge in [-0.25, -0.2) is 4.79 Å². The van der Waals surface area contributed by atoms with Gasteiger partial charge in [-0.2, -0.15) is 0 Å². The van der Waals surface area contributed by atoms with E-state index in [9.17, 15) is 39.0 Å². The number of primary amides is 1. The summed E-state index contributed by atoms with van der Waals surface area (Å²) in [6, 6.07) is 1.49. The molecule has 204 valence electrons. The number of aromatic hydroxyl groups is 1. The molecule has 2 unspecified atom stereocenters. The van der Waals surface area contributed by atoms with E-state index in [4.69, 9.17) is 10.5 Å². The van der Waals surface area contributed by atoms with Gasteiger partial charge in [-0.3, -0.25) is 29.3 Å². The van der Waals surface area contributed by atoms with Gasteiger partial charge in [-0.05, 0) is 36.8 Å². The number of anilines is 2. The minimum atomic E-state index is -2.72. The number of carbonyl (C=O) groups excluding carboxylic acids is 6. The molecular weight excluding hydrogens is 498 g/mol. The molecule has 2 fully saturated rings. The van der Waals surface area contributed by atoms with E-state index in [-0.39, 0.29) is 30.7 Å². The number of aliphatic hydroxyl groups is 1. The molecule has 1 aromatic carbocycles. The zero-order valence-corrected chi connectivity index (χ0v) is 21.4. The average Bonchev–Trinajstić information content (AvgIpc) is 2.82. The molecule has 2 amide bonds. The maximum atomic E-state index is 13.8. The number of nitrogens with two attached hydrogens (primary N) is 1. The van der Waals surface area contributed by atoms with Gasteiger partial charge in [0.15, 0.2) is 34.7 Å². The fourth-order valence-electron chi connectivity index (χ4n) is 5.96. The largest absolute Gasteiger partial charge is 0.505 e. The van der Waals surface area contributed by atoms with Gasteiger partial charge in [0, 0.05) is 32.1 Å². The average molecular weight is 530 g/mol. The lowest BCUT2D eigenvalue weighted by atomic mass is 9.53. The van der Waals surface area contributed by atoms with Crippen molar-refractivity contribution in [3.8, 4) is 5.75 Å². The van der Waals surface area contributed by atoms with Crippen molar-refractivity contribution in [3.63, 3.8) is 0 Å². The molecule has 0 aliphatic heterocycles. The normalized spacial score (nSPS) is 28.2. The van der Waals surface area contributed by atoms with Crippen molar-refractivity contribution in [1.29, 1.82) is 0 Å². The second-order valence-electron chi connectivity index (χ2n) is 10.4. The van der Waals surface area contributed by atoms with Crippen molar-refractivity contribution in [2.75, 3.05) is 30.9 Å². The van der Waals surface area contributed by atoms with E-state index in [1.807, 2.05) is 6.92 Å². The number of ether oxygens (including phenoxy) is 1. The minimum Gasteiger partial charge on any atom is -0.505 e. The molecule has 0 heterocycles. The summed E-state index contributed by atoms with van der Waals surface area (Å²) in [5, 5.41) is 24.8. The maximum absolute atomic E-state index is 13.8. The van der Waals surface area contributed by atoms with E-state index in [1.165, 1.54) is 6.07 Å². The molecule has 3 aliphatic carbocycles. The quantitative estimate of drug-likeness (QED) is 0.232. The first kappa shape index (κ1) is 27.2. The summed E-state index contributed by atoms with van der Waals surface area (Å²) in [5.41, 5.74) is 3.11. The van der Waals surface area contributed by atoms with Gasteiger partial charge < -0.3 is 25.6 Å². The van der Waals surface area contributed by atoms with Crippen LogP contribution in [0.5, 0.6) is 5.75 Å². The predicted octanol–water partition coefficient (Wildman–Crippen LogP) is 0.741. The smallest absolute Gasteiger partial charge is 0.411 e. The van der Waals surface area contributed by atoms with Crippen LogP contribution in [0.15, 0.2) is 6.07 Å². The van der Waals surface area contributed by atoms with Crippen molar-refractivity contribution in [2.45, 2.75) is 44.6 Å². The number of nitrogens with zero attached hydrogens (tertiary/aromatic N) is 1. The Labute approximate surface area is 218 Å². The third-order valence-corrected chi connectivity index (χ3v) is 7.83. The predicted molar refractivity (Wildman–Crippen MR) is 133 cm³/mol. The lowest BCUT2D eigenvalue weighted by Crippen LogP contribution is -2.68. The molecule has 3 aliphatic rings. The Balaban J connectivity index is 1.76. The highest BCUT2D eigenvalue weighted by Gasteiger charge is 2.66. The summed E-state index contributed by atoms with van der Waals surface area (Å²) in [7, 11) is 3.42. The minimum absolute atomic E-state index is 0.00155. The first-order valence-corrected chi connectivity index (χ1v) is 12.5. The lowest BCUT2D eigenvalue weighted by molar-refractivity contribution is -0.175. The third kappa shape index (κ3) is 4.12. The van der Waals surface area contributed by atoms with Crippen molar-refractivity contribution < 1.29 is 43.7 Å². The van der Waals surface area contributed by atoms with Gasteiger partial charge in [-0.15, -0.1) is 0 Å². The number of amides is 2. The van der Waals surface area contributed by atoms with Crippen LogP contribution in [-0.2, 0) is 30.3 Å². The molecule has 4 rings (SSSR count). The zero-order valence-electron chi connectivity index (χ0n) is 21.4. The Morgan fingerprint density at radius 2 is 1.87 bits per heavy atom. The molecule has 0 radical (unpaired) electrons. The number of phenolic OH excluding ortho intramolecular Hbond substituents is 1. The Kier molecular flexibility index (Phi) is 7.04. The number of phenols is 1. The van der Waals surface area contributed by atoms with Gasteiger partial charge in [-0.1, -0.05) is 13.3 Å². The maximum Gasteiger partial charge on any atom is 0.411 e. The number of Topliss-reactive ketones (excluding diaryl/α,β-unsaturated/α-hetero) is 4. The number of hydrogen-bond acceptors (Lipinski definition) is 10. The van der Waals surface area contributed by atoms with Crippen LogP contribution in [0.4, 0.5) is 16.2 Å². The Morgan fingerprint density at radius 3 is 2.47 bits per heavy atom. The van der Waals surface area contributed by atoms with Crippen molar-refractivity contribution in [3.05, 3.63) is 17.2 Å². The lowest BCUT2D eigenvalue weighted by Gasteiger charge is -2.48. The molecule has 0 spiro atoms. The SMILES string of the molecule is CCCCOC(=O)Nc1cc(N(C)C)c2c(c1O)C(=O)C1C(=O)[C@]3(O)C(=O)C(C(N)=O)C(=O)C[C@@H]3C[C@@H]1C2. The summed E-state index contributed by atoms with van der Waals surface area (Å²) < 4.78 is 5.09. The molecule has 0 aromatic heterocycles. The van der Waals surface area contributed by atoms with Gasteiger partial charge >= 0.3 is 6.09 Å². The molecule has 1 aromatic rings. The Bertz CT molecular complexity index is 1260. The van der Waals surface area contributed by atoms with Gasteiger partial charge in [0.2, 0.25) is 5.91 Å². The van der Waals surface area contributed by atoms with Crippen molar-refractivity contribution in [2.24, 2.45) is 29.4 Å². The number of hydrogen-bond donors (Lipinski definition) is 4. The molecular formula is C26H31N3O9.